The van der Waals surface area contributed by atoms with Gasteiger partial charge in [0.15, 0.2) is 0 Å². The van der Waals surface area contributed by atoms with Gasteiger partial charge in [0.25, 0.3) is 0 Å². The van der Waals surface area contributed by atoms with E-state index in [1.807, 2.05) is 11.8 Å². The minimum Gasteiger partial charge on any atom is -0.355 e. The number of nitrogens with zero attached hydrogens (tertiary/aromatic N) is 1. The highest BCUT2D eigenvalue weighted by atomic mass is 35.5. The van der Waals surface area contributed by atoms with Gasteiger partial charge in [0.05, 0.1) is 0 Å². The zero-order valence-corrected chi connectivity index (χ0v) is 13.7. The van der Waals surface area contributed by atoms with Crippen molar-refractivity contribution < 1.29 is 4.79 Å². The van der Waals surface area contributed by atoms with Crippen molar-refractivity contribution >= 4 is 42.5 Å². The maximum Gasteiger partial charge on any atom is 0.221 e. The van der Waals surface area contributed by atoms with Crippen LogP contribution in [-0.2, 0) is 4.79 Å². The summed E-state index contributed by atoms with van der Waals surface area (Å²) in [6, 6.07) is 0.418. The molecule has 2 aliphatic heterocycles. The normalized spacial score (nSPS) is 23.3. The summed E-state index contributed by atoms with van der Waals surface area (Å²) < 4.78 is 0. The molecule has 0 bridgehead atoms. The molecule has 0 radical (unpaired) electrons. The van der Waals surface area contributed by atoms with Crippen LogP contribution in [0.3, 0.4) is 0 Å². The van der Waals surface area contributed by atoms with Crippen LogP contribution in [0.2, 0.25) is 0 Å². The van der Waals surface area contributed by atoms with E-state index in [-0.39, 0.29) is 30.7 Å². The lowest BCUT2D eigenvalue weighted by Gasteiger charge is -2.26. The molecule has 0 spiro atoms. The number of nitrogens with one attached hydrogen (secondary N) is 2. The third kappa shape index (κ3) is 7.61. The molecule has 114 valence electrons. The summed E-state index contributed by atoms with van der Waals surface area (Å²) in [5, 5.41) is 6.38. The van der Waals surface area contributed by atoms with E-state index in [1.54, 1.807) is 0 Å². The molecule has 0 aromatic carbocycles. The smallest absolute Gasteiger partial charge is 0.221 e. The lowest BCUT2D eigenvalue weighted by molar-refractivity contribution is -0.121. The number of amides is 1. The minimum atomic E-state index is 0. The lowest BCUT2D eigenvalue weighted by atomic mass is 10.1. The molecule has 1 atom stereocenters. The van der Waals surface area contributed by atoms with Crippen LogP contribution in [0.1, 0.15) is 19.3 Å². The van der Waals surface area contributed by atoms with Gasteiger partial charge in [0, 0.05) is 50.1 Å². The lowest BCUT2D eigenvalue weighted by Crippen LogP contribution is -2.40. The third-order valence-corrected chi connectivity index (χ3v) is 4.39. The van der Waals surface area contributed by atoms with Gasteiger partial charge in [-0.1, -0.05) is 0 Å². The molecule has 7 heteroatoms. The summed E-state index contributed by atoms with van der Waals surface area (Å²) >= 11 is 2.02. The van der Waals surface area contributed by atoms with Crippen molar-refractivity contribution in [3.8, 4) is 0 Å². The van der Waals surface area contributed by atoms with Gasteiger partial charge in [0.2, 0.25) is 5.91 Å². The Kier molecular flexibility index (Phi) is 11.2. The summed E-state index contributed by atoms with van der Waals surface area (Å²) in [5.41, 5.74) is 0. The van der Waals surface area contributed by atoms with E-state index in [1.165, 1.54) is 31.0 Å². The van der Waals surface area contributed by atoms with Crippen LogP contribution in [0.5, 0.6) is 0 Å². The fourth-order valence-electron chi connectivity index (χ4n) is 2.41. The molecule has 19 heavy (non-hydrogen) atoms. The second-order valence-corrected chi connectivity index (χ2v) is 6.03. The number of hydrogen-bond donors (Lipinski definition) is 2. The highest BCUT2D eigenvalue weighted by molar-refractivity contribution is 7.99. The average Bonchev–Trinajstić information content (AvgIpc) is 2.83. The first-order valence-corrected chi connectivity index (χ1v) is 7.80. The van der Waals surface area contributed by atoms with Gasteiger partial charge in [-0.2, -0.15) is 11.8 Å². The molecule has 0 saturated carbocycles. The highest BCUT2D eigenvalue weighted by Crippen LogP contribution is 2.09. The Bertz CT molecular complexity index is 247. The second-order valence-electron chi connectivity index (χ2n) is 4.80. The molecule has 2 saturated heterocycles. The van der Waals surface area contributed by atoms with Crippen molar-refractivity contribution in [1.29, 1.82) is 0 Å². The summed E-state index contributed by atoms with van der Waals surface area (Å²) in [6.45, 7) is 5.22. The highest BCUT2D eigenvalue weighted by Gasteiger charge is 2.17. The Morgan fingerprint density at radius 1 is 1.32 bits per heavy atom. The van der Waals surface area contributed by atoms with Gasteiger partial charge in [-0.25, -0.2) is 0 Å². The van der Waals surface area contributed by atoms with Crippen molar-refractivity contribution in [1.82, 2.24) is 15.5 Å². The largest absolute Gasteiger partial charge is 0.355 e. The molecule has 2 rings (SSSR count). The molecule has 2 N–H and O–H groups in total. The molecule has 2 fully saturated rings. The Labute approximate surface area is 132 Å². The van der Waals surface area contributed by atoms with Crippen molar-refractivity contribution in [3.63, 3.8) is 0 Å². The Morgan fingerprint density at radius 3 is 2.68 bits per heavy atom. The predicted octanol–water partition coefficient (Wildman–Crippen LogP) is 1.14. The number of thioether (sulfide) groups is 1. The van der Waals surface area contributed by atoms with Crippen molar-refractivity contribution in [2.75, 3.05) is 44.2 Å². The van der Waals surface area contributed by atoms with Gasteiger partial charge < -0.3 is 10.6 Å². The summed E-state index contributed by atoms with van der Waals surface area (Å²) in [7, 11) is 0. The van der Waals surface area contributed by atoms with E-state index in [0.29, 0.717) is 12.5 Å². The molecule has 1 amide bonds. The van der Waals surface area contributed by atoms with Gasteiger partial charge in [0.1, 0.15) is 0 Å². The monoisotopic (exact) mass is 329 g/mol. The molecule has 0 aromatic rings. The summed E-state index contributed by atoms with van der Waals surface area (Å²) in [4.78, 5) is 14.1. The Hall–Kier alpha value is 0.320. The SMILES string of the molecule is Cl.Cl.O=C(CC1CCCN1)NCCN1CCSCC1. The first-order valence-electron chi connectivity index (χ1n) is 6.65. The van der Waals surface area contributed by atoms with E-state index in [0.717, 1.165) is 26.1 Å². The molecular formula is C12H25Cl2N3OS. The molecule has 2 aliphatic rings. The summed E-state index contributed by atoms with van der Waals surface area (Å²) in [6.07, 6.45) is 3.01. The van der Waals surface area contributed by atoms with Crippen molar-refractivity contribution in [2.45, 2.75) is 25.3 Å². The van der Waals surface area contributed by atoms with Crippen LogP contribution in [0, 0.1) is 0 Å². The molecule has 1 unspecified atom stereocenters. The standard InChI is InChI=1S/C12H23N3OS.2ClH/c16-12(10-11-2-1-3-13-11)14-4-5-15-6-8-17-9-7-15;;/h11,13H,1-10H2,(H,14,16);2*1H. The molecule has 2 heterocycles. The van der Waals surface area contributed by atoms with E-state index in [2.05, 4.69) is 15.5 Å². The first-order chi connectivity index (χ1) is 8.34. The fraction of sp³-hybridized carbons (Fsp3) is 0.917. The van der Waals surface area contributed by atoms with Gasteiger partial charge in [-0.05, 0) is 19.4 Å². The van der Waals surface area contributed by atoms with E-state index >= 15 is 0 Å². The molecular weight excluding hydrogens is 305 g/mol. The zero-order valence-electron chi connectivity index (χ0n) is 11.2. The van der Waals surface area contributed by atoms with Crippen LogP contribution in [0.15, 0.2) is 0 Å². The molecule has 0 aliphatic carbocycles. The average molecular weight is 330 g/mol. The van der Waals surface area contributed by atoms with E-state index in [9.17, 15) is 4.79 Å². The third-order valence-electron chi connectivity index (χ3n) is 3.45. The fourth-order valence-corrected chi connectivity index (χ4v) is 3.38. The van der Waals surface area contributed by atoms with E-state index < -0.39 is 0 Å². The number of hydrogen-bond acceptors (Lipinski definition) is 4. The number of halogens is 2. The van der Waals surface area contributed by atoms with Crippen LogP contribution < -0.4 is 10.6 Å². The minimum absolute atomic E-state index is 0. The number of rotatable bonds is 5. The molecule has 0 aromatic heterocycles. The van der Waals surface area contributed by atoms with E-state index in [4.69, 9.17) is 0 Å². The van der Waals surface area contributed by atoms with Crippen molar-refractivity contribution in [3.05, 3.63) is 0 Å². The Balaban J connectivity index is 0.00000162. The Morgan fingerprint density at radius 2 is 2.05 bits per heavy atom. The molecule has 4 nitrogen and oxygen atoms in total. The van der Waals surface area contributed by atoms with Crippen molar-refractivity contribution in [2.24, 2.45) is 0 Å². The van der Waals surface area contributed by atoms with Crippen LogP contribution >= 0.6 is 36.6 Å². The van der Waals surface area contributed by atoms with Gasteiger partial charge in [-0.15, -0.1) is 24.8 Å². The first kappa shape index (κ1) is 19.3. The van der Waals surface area contributed by atoms with Gasteiger partial charge in [-0.3, -0.25) is 9.69 Å². The second kappa shape index (κ2) is 11.0. The van der Waals surface area contributed by atoms with Crippen LogP contribution in [0.25, 0.3) is 0 Å². The summed E-state index contributed by atoms with van der Waals surface area (Å²) in [5.74, 6) is 2.68. The number of carbonyl (C=O) groups excluding carboxylic acids is 1. The topological polar surface area (TPSA) is 44.4 Å². The zero-order chi connectivity index (χ0) is 11.9. The maximum atomic E-state index is 11.7. The van der Waals surface area contributed by atoms with Gasteiger partial charge >= 0.3 is 0 Å². The van der Waals surface area contributed by atoms with Crippen LogP contribution in [-0.4, -0.2) is 61.1 Å². The maximum absolute atomic E-state index is 11.7. The van der Waals surface area contributed by atoms with Crippen LogP contribution in [0.4, 0.5) is 0 Å². The predicted molar refractivity (Wildman–Crippen MR) is 86.9 cm³/mol. The number of carbonyl (C=O) groups is 1. The quantitative estimate of drug-likeness (QED) is 0.793.